The van der Waals surface area contributed by atoms with Gasteiger partial charge in [-0.25, -0.2) is 4.39 Å². The summed E-state index contributed by atoms with van der Waals surface area (Å²) in [6, 6.07) is 13.9. The van der Waals surface area contributed by atoms with Crippen molar-refractivity contribution in [1.29, 1.82) is 5.26 Å². The summed E-state index contributed by atoms with van der Waals surface area (Å²) in [4.78, 5) is 0. The highest BCUT2D eigenvalue weighted by Gasteiger charge is 2.07. The quantitative estimate of drug-likeness (QED) is 0.687. The molecule has 0 saturated heterocycles. The van der Waals surface area contributed by atoms with Crippen LogP contribution in [0, 0.1) is 17.1 Å². The minimum Gasteiger partial charge on any atom is -0.343 e. The Bertz CT molecular complexity index is 830. The fourth-order valence-electron chi connectivity index (χ4n) is 2.29. The van der Waals surface area contributed by atoms with Gasteiger partial charge in [-0.05, 0) is 48.0 Å². The largest absolute Gasteiger partial charge is 0.343 e. The van der Waals surface area contributed by atoms with Crippen molar-refractivity contribution in [1.82, 2.24) is 4.57 Å². The van der Waals surface area contributed by atoms with Crippen molar-refractivity contribution in [2.75, 3.05) is 0 Å². The van der Waals surface area contributed by atoms with Crippen LogP contribution in [-0.2, 0) is 6.54 Å². The van der Waals surface area contributed by atoms with Crippen molar-refractivity contribution in [3.8, 4) is 6.07 Å². The van der Waals surface area contributed by atoms with E-state index in [0.717, 1.165) is 10.9 Å². The van der Waals surface area contributed by atoms with Gasteiger partial charge in [-0.3, -0.25) is 0 Å². The molecule has 1 heterocycles. The Balaban J connectivity index is 2.06. The van der Waals surface area contributed by atoms with Gasteiger partial charge in [0.1, 0.15) is 5.82 Å². The molecule has 2 aromatic carbocycles. The van der Waals surface area contributed by atoms with Crippen LogP contribution >= 0.6 is 11.6 Å². The molecule has 3 rings (SSSR count). The smallest absolute Gasteiger partial charge is 0.123 e. The van der Waals surface area contributed by atoms with Gasteiger partial charge in [-0.15, -0.1) is 0 Å². The predicted molar refractivity (Wildman–Crippen MR) is 77.2 cm³/mol. The predicted octanol–water partition coefficient (Wildman–Crippen LogP) is 4.35. The van der Waals surface area contributed by atoms with E-state index in [4.69, 9.17) is 16.9 Å². The van der Waals surface area contributed by atoms with Crippen molar-refractivity contribution >= 4 is 22.5 Å². The standard InChI is InChI=1S/C16H10ClFN2/c17-14-2-4-16-11(7-14)5-6-20(16)10-13-8-15(18)3-1-12(13)9-19/h1-8H,10H2. The van der Waals surface area contributed by atoms with E-state index < -0.39 is 0 Å². The van der Waals surface area contributed by atoms with E-state index in [1.807, 2.05) is 35.0 Å². The normalized spacial score (nSPS) is 10.7. The Morgan fingerprint density at radius 2 is 2.00 bits per heavy atom. The lowest BCUT2D eigenvalue weighted by atomic mass is 10.1. The first-order valence-corrected chi connectivity index (χ1v) is 6.48. The molecule has 0 unspecified atom stereocenters. The first-order chi connectivity index (χ1) is 9.67. The minimum atomic E-state index is -0.335. The van der Waals surface area contributed by atoms with Crippen LogP contribution in [-0.4, -0.2) is 4.57 Å². The van der Waals surface area contributed by atoms with Crippen molar-refractivity contribution in [3.05, 3.63) is 70.6 Å². The number of nitrogens with zero attached hydrogens (tertiary/aromatic N) is 2. The van der Waals surface area contributed by atoms with Gasteiger partial charge < -0.3 is 4.57 Å². The number of fused-ring (bicyclic) bond motifs is 1. The molecule has 0 N–H and O–H groups in total. The molecular weight excluding hydrogens is 275 g/mol. The van der Waals surface area contributed by atoms with Crippen LogP contribution in [0.4, 0.5) is 4.39 Å². The van der Waals surface area contributed by atoms with Crippen LogP contribution < -0.4 is 0 Å². The van der Waals surface area contributed by atoms with Crippen molar-refractivity contribution < 1.29 is 4.39 Å². The Morgan fingerprint density at radius 3 is 2.80 bits per heavy atom. The molecule has 0 spiro atoms. The summed E-state index contributed by atoms with van der Waals surface area (Å²) in [7, 11) is 0. The summed E-state index contributed by atoms with van der Waals surface area (Å²) in [5.74, 6) is -0.335. The lowest BCUT2D eigenvalue weighted by molar-refractivity contribution is 0.623. The molecule has 0 fully saturated rings. The number of rotatable bonds is 2. The molecule has 0 aliphatic heterocycles. The zero-order chi connectivity index (χ0) is 14.1. The van der Waals surface area contributed by atoms with Gasteiger partial charge in [0.2, 0.25) is 0 Å². The van der Waals surface area contributed by atoms with Crippen LogP contribution in [0.1, 0.15) is 11.1 Å². The molecule has 0 aliphatic rings. The van der Waals surface area contributed by atoms with Crippen molar-refractivity contribution in [2.45, 2.75) is 6.54 Å². The Morgan fingerprint density at radius 1 is 1.15 bits per heavy atom. The van der Waals surface area contributed by atoms with Gasteiger partial charge in [0.05, 0.1) is 11.6 Å². The molecule has 1 aromatic heterocycles. The number of benzene rings is 2. The van der Waals surface area contributed by atoms with Gasteiger partial charge in [0.15, 0.2) is 0 Å². The van der Waals surface area contributed by atoms with Crippen LogP contribution in [0.2, 0.25) is 5.02 Å². The highest BCUT2D eigenvalue weighted by atomic mass is 35.5. The minimum absolute atomic E-state index is 0.335. The summed E-state index contributed by atoms with van der Waals surface area (Å²) in [5.41, 5.74) is 2.16. The average molecular weight is 285 g/mol. The fourth-order valence-corrected chi connectivity index (χ4v) is 2.48. The van der Waals surface area contributed by atoms with E-state index in [1.54, 1.807) is 0 Å². The third-order valence-corrected chi connectivity index (χ3v) is 3.50. The summed E-state index contributed by atoms with van der Waals surface area (Å²) in [6.45, 7) is 0.450. The second-order valence-electron chi connectivity index (χ2n) is 4.56. The number of nitriles is 1. The Kier molecular flexibility index (Phi) is 3.17. The molecule has 98 valence electrons. The zero-order valence-corrected chi connectivity index (χ0v) is 11.2. The lowest BCUT2D eigenvalue weighted by Gasteiger charge is -2.08. The lowest BCUT2D eigenvalue weighted by Crippen LogP contribution is -2.01. The fraction of sp³-hybridized carbons (Fsp3) is 0.0625. The van der Waals surface area contributed by atoms with Crippen LogP contribution in [0.5, 0.6) is 0 Å². The van der Waals surface area contributed by atoms with Gasteiger partial charge in [-0.2, -0.15) is 5.26 Å². The van der Waals surface area contributed by atoms with Gasteiger partial charge in [-0.1, -0.05) is 11.6 Å². The third kappa shape index (κ3) is 2.26. The van der Waals surface area contributed by atoms with E-state index in [9.17, 15) is 4.39 Å². The number of aromatic nitrogens is 1. The highest BCUT2D eigenvalue weighted by molar-refractivity contribution is 6.31. The maximum Gasteiger partial charge on any atom is 0.123 e. The highest BCUT2D eigenvalue weighted by Crippen LogP contribution is 2.22. The van der Waals surface area contributed by atoms with Crippen LogP contribution in [0.25, 0.3) is 10.9 Å². The summed E-state index contributed by atoms with van der Waals surface area (Å²) in [5, 5.41) is 10.8. The monoisotopic (exact) mass is 284 g/mol. The van der Waals surface area contributed by atoms with Gasteiger partial charge in [0.25, 0.3) is 0 Å². The second kappa shape index (κ2) is 4.99. The summed E-state index contributed by atoms with van der Waals surface area (Å²) >= 11 is 5.95. The molecule has 0 radical (unpaired) electrons. The molecule has 2 nitrogen and oxygen atoms in total. The topological polar surface area (TPSA) is 28.7 Å². The SMILES string of the molecule is N#Cc1ccc(F)cc1Cn1ccc2cc(Cl)ccc21. The van der Waals surface area contributed by atoms with E-state index in [-0.39, 0.29) is 5.82 Å². The maximum absolute atomic E-state index is 13.3. The van der Waals surface area contributed by atoms with Crippen molar-refractivity contribution in [3.63, 3.8) is 0 Å². The first-order valence-electron chi connectivity index (χ1n) is 6.10. The van der Waals surface area contributed by atoms with E-state index >= 15 is 0 Å². The molecule has 0 atom stereocenters. The number of hydrogen-bond donors (Lipinski definition) is 0. The Labute approximate surface area is 120 Å². The number of halogens is 2. The average Bonchev–Trinajstić information content (AvgIpc) is 2.81. The van der Waals surface area contributed by atoms with Crippen molar-refractivity contribution in [2.24, 2.45) is 0 Å². The third-order valence-electron chi connectivity index (χ3n) is 3.26. The Hall–Kier alpha value is -2.31. The molecule has 0 saturated carbocycles. The van der Waals surface area contributed by atoms with Crippen LogP contribution in [0.15, 0.2) is 48.7 Å². The van der Waals surface area contributed by atoms with Crippen LogP contribution in [0.3, 0.4) is 0 Å². The molecule has 0 amide bonds. The second-order valence-corrected chi connectivity index (χ2v) is 5.00. The maximum atomic E-state index is 13.3. The molecule has 3 aromatic rings. The molecule has 20 heavy (non-hydrogen) atoms. The first kappa shape index (κ1) is 12.7. The van der Waals surface area contributed by atoms with E-state index in [2.05, 4.69) is 6.07 Å². The summed E-state index contributed by atoms with van der Waals surface area (Å²) < 4.78 is 15.3. The van der Waals surface area contributed by atoms with Gasteiger partial charge in [0, 0.05) is 28.7 Å². The summed E-state index contributed by atoms with van der Waals surface area (Å²) in [6.07, 6.45) is 1.91. The number of hydrogen-bond acceptors (Lipinski definition) is 1. The zero-order valence-electron chi connectivity index (χ0n) is 10.5. The molecule has 4 heteroatoms. The van der Waals surface area contributed by atoms with E-state index in [0.29, 0.717) is 22.7 Å². The molecule has 0 bridgehead atoms. The molecule has 0 aliphatic carbocycles. The molecular formula is C16H10ClFN2. The van der Waals surface area contributed by atoms with Gasteiger partial charge >= 0.3 is 0 Å². The van der Waals surface area contributed by atoms with E-state index in [1.165, 1.54) is 18.2 Å².